The number of hydrogen-bond acceptors (Lipinski definition) is 5. The van der Waals surface area contributed by atoms with Gasteiger partial charge in [-0.25, -0.2) is 8.42 Å². The molecule has 0 aliphatic carbocycles. The minimum atomic E-state index is -3.34. The molecule has 0 fully saturated rings. The van der Waals surface area contributed by atoms with Crippen LogP contribution in [0.1, 0.15) is 10.4 Å². The quantitative estimate of drug-likeness (QED) is 0.563. The van der Waals surface area contributed by atoms with Crippen molar-refractivity contribution in [1.29, 1.82) is 0 Å². The van der Waals surface area contributed by atoms with Crippen molar-refractivity contribution < 1.29 is 17.6 Å². The second-order valence-corrected chi connectivity index (χ2v) is 8.34. The number of anilines is 1. The highest BCUT2D eigenvalue weighted by atomic mass is 32.2. The van der Waals surface area contributed by atoms with E-state index < -0.39 is 9.84 Å². The number of furan rings is 1. The third-order valence-corrected chi connectivity index (χ3v) is 5.43. The standard InChI is InChI=1S/C21H16N2O4S/c1-28(25,26)17-4-2-3-16(13-17)23-21(24)15-7-5-14(6-8-15)20-18-10-12-27-19(18)9-11-22-20/h2-13H,1H3,(H,23,24). The molecule has 0 unspecified atom stereocenters. The fourth-order valence-corrected chi connectivity index (χ4v) is 3.58. The molecular weight excluding hydrogens is 376 g/mol. The third-order valence-electron chi connectivity index (χ3n) is 4.32. The van der Waals surface area contributed by atoms with E-state index in [9.17, 15) is 13.2 Å². The minimum absolute atomic E-state index is 0.153. The van der Waals surface area contributed by atoms with Gasteiger partial charge in [0.25, 0.3) is 5.91 Å². The zero-order valence-electron chi connectivity index (χ0n) is 14.9. The van der Waals surface area contributed by atoms with Gasteiger partial charge in [-0.2, -0.15) is 0 Å². The lowest BCUT2D eigenvalue weighted by molar-refractivity contribution is 0.102. The number of pyridine rings is 1. The molecule has 0 saturated heterocycles. The number of amides is 1. The van der Waals surface area contributed by atoms with Gasteiger partial charge in [-0.1, -0.05) is 18.2 Å². The molecule has 2 heterocycles. The Morgan fingerprint density at radius 2 is 1.82 bits per heavy atom. The van der Waals surface area contributed by atoms with Crippen molar-refractivity contribution in [2.24, 2.45) is 0 Å². The molecule has 0 aliphatic rings. The number of sulfone groups is 1. The first kappa shape index (κ1) is 17.9. The maximum atomic E-state index is 12.5. The van der Waals surface area contributed by atoms with Crippen LogP contribution in [0.3, 0.4) is 0 Å². The van der Waals surface area contributed by atoms with Crippen LogP contribution in [0, 0.1) is 0 Å². The fourth-order valence-electron chi connectivity index (χ4n) is 2.91. The van der Waals surface area contributed by atoms with Gasteiger partial charge >= 0.3 is 0 Å². The molecule has 28 heavy (non-hydrogen) atoms. The van der Waals surface area contributed by atoms with Crippen molar-refractivity contribution in [3.63, 3.8) is 0 Å². The summed E-state index contributed by atoms with van der Waals surface area (Å²) in [5.74, 6) is -0.327. The highest BCUT2D eigenvalue weighted by Crippen LogP contribution is 2.27. The second-order valence-electron chi connectivity index (χ2n) is 6.32. The fraction of sp³-hybridized carbons (Fsp3) is 0.0476. The minimum Gasteiger partial charge on any atom is -0.464 e. The Balaban J connectivity index is 1.58. The van der Waals surface area contributed by atoms with E-state index in [1.165, 1.54) is 12.1 Å². The molecule has 140 valence electrons. The van der Waals surface area contributed by atoms with Crippen LogP contribution < -0.4 is 5.32 Å². The van der Waals surface area contributed by atoms with E-state index in [0.717, 1.165) is 28.5 Å². The lowest BCUT2D eigenvalue weighted by Gasteiger charge is -2.08. The molecule has 1 N–H and O–H groups in total. The van der Waals surface area contributed by atoms with Crippen LogP contribution in [-0.4, -0.2) is 25.6 Å². The second kappa shape index (κ2) is 6.94. The number of nitrogens with one attached hydrogen (secondary N) is 1. The molecular formula is C21H16N2O4S. The van der Waals surface area contributed by atoms with E-state index in [0.29, 0.717) is 11.3 Å². The van der Waals surface area contributed by atoms with E-state index >= 15 is 0 Å². The first-order valence-electron chi connectivity index (χ1n) is 8.46. The van der Waals surface area contributed by atoms with E-state index in [4.69, 9.17) is 4.42 Å². The van der Waals surface area contributed by atoms with Gasteiger partial charge in [-0.15, -0.1) is 0 Å². The molecule has 0 saturated carbocycles. The van der Waals surface area contributed by atoms with E-state index in [-0.39, 0.29) is 10.8 Å². The van der Waals surface area contributed by atoms with E-state index in [2.05, 4.69) is 10.3 Å². The Bertz CT molecular complexity index is 1280. The van der Waals surface area contributed by atoms with Gasteiger partial charge in [-0.3, -0.25) is 9.78 Å². The number of aromatic nitrogens is 1. The van der Waals surface area contributed by atoms with Gasteiger partial charge in [0.2, 0.25) is 0 Å². The summed E-state index contributed by atoms with van der Waals surface area (Å²) in [5.41, 5.74) is 3.26. The van der Waals surface area contributed by atoms with Gasteiger partial charge in [0.15, 0.2) is 9.84 Å². The number of hydrogen-bond donors (Lipinski definition) is 1. The maximum absolute atomic E-state index is 12.5. The van der Waals surface area contributed by atoms with Gasteiger partial charge < -0.3 is 9.73 Å². The summed E-state index contributed by atoms with van der Waals surface area (Å²) in [6, 6.07) is 16.8. The van der Waals surface area contributed by atoms with E-state index in [1.54, 1.807) is 42.8 Å². The number of carbonyl (C=O) groups excluding carboxylic acids is 1. The Labute approximate surface area is 161 Å². The predicted molar refractivity (Wildman–Crippen MR) is 107 cm³/mol. The van der Waals surface area contributed by atoms with Crippen LogP contribution in [-0.2, 0) is 9.84 Å². The summed E-state index contributed by atoms with van der Waals surface area (Å²) in [7, 11) is -3.34. The van der Waals surface area contributed by atoms with Crippen molar-refractivity contribution in [3.8, 4) is 11.3 Å². The highest BCUT2D eigenvalue weighted by molar-refractivity contribution is 7.90. The first-order chi connectivity index (χ1) is 13.4. The zero-order valence-corrected chi connectivity index (χ0v) is 15.7. The summed E-state index contributed by atoms with van der Waals surface area (Å²) < 4.78 is 28.7. The van der Waals surface area contributed by atoms with Crippen LogP contribution >= 0.6 is 0 Å². The molecule has 0 spiro atoms. The molecule has 0 radical (unpaired) electrons. The van der Waals surface area contributed by atoms with Gasteiger partial charge in [0.05, 0.1) is 16.9 Å². The molecule has 0 atom stereocenters. The van der Waals surface area contributed by atoms with Crippen LogP contribution in [0.2, 0.25) is 0 Å². The molecule has 2 aromatic heterocycles. The number of rotatable bonds is 4. The molecule has 2 aromatic carbocycles. The molecule has 4 aromatic rings. The molecule has 1 amide bonds. The van der Waals surface area contributed by atoms with Crippen LogP contribution in [0.4, 0.5) is 5.69 Å². The number of fused-ring (bicyclic) bond motifs is 1. The van der Waals surface area contributed by atoms with Crippen molar-refractivity contribution >= 4 is 32.4 Å². The smallest absolute Gasteiger partial charge is 0.255 e. The summed E-state index contributed by atoms with van der Waals surface area (Å²) in [6.07, 6.45) is 4.42. The van der Waals surface area contributed by atoms with E-state index in [1.807, 2.05) is 18.2 Å². The number of carbonyl (C=O) groups is 1. The molecule has 0 aliphatic heterocycles. The van der Waals surface area contributed by atoms with Crippen molar-refractivity contribution in [1.82, 2.24) is 4.98 Å². The summed E-state index contributed by atoms with van der Waals surface area (Å²) >= 11 is 0. The average Bonchev–Trinajstić information content (AvgIpc) is 3.16. The third kappa shape index (κ3) is 3.52. The predicted octanol–water partition coefficient (Wildman–Crippen LogP) is 4.15. The normalized spacial score (nSPS) is 11.5. The van der Waals surface area contributed by atoms with Crippen molar-refractivity contribution in [2.45, 2.75) is 4.90 Å². The SMILES string of the molecule is CS(=O)(=O)c1cccc(NC(=O)c2ccc(-c3nccc4occc34)cc2)c1. The van der Waals surface area contributed by atoms with Gasteiger partial charge in [0, 0.05) is 34.7 Å². The molecule has 6 nitrogen and oxygen atoms in total. The molecule has 0 bridgehead atoms. The van der Waals surface area contributed by atoms with Gasteiger partial charge in [0.1, 0.15) is 5.58 Å². The Kier molecular flexibility index (Phi) is 4.44. The zero-order chi connectivity index (χ0) is 19.7. The summed E-state index contributed by atoms with van der Waals surface area (Å²) in [4.78, 5) is 17.1. The first-order valence-corrected chi connectivity index (χ1v) is 10.3. The Morgan fingerprint density at radius 3 is 2.57 bits per heavy atom. The van der Waals surface area contributed by atoms with Crippen molar-refractivity contribution in [2.75, 3.05) is 11.6 Å². The summed E-state index contributed by atoms with van der Waals surface area (Å²) in [5, 5.41) is 3.62. The Hall–Kier alpha value is -3.45. The number of benzene rings is 2. The molecule has 4 rings (SSSR count). The molecule has 7 heteroatoms. The lowest BCUT2D eigenvalue weighted by Crippen LogP contribution is -2.12. The largest absolute Gasteiger partial charge is 0.464 e. The average molecular weight is 392 g/mol. The lowest BCUT2D eigenvalue weighted by atomic mass is 10.1. The van der Waals surface area contributed by atoms with Crippen molar-refractivity contribution in [3.05, 3.63) is 78.7 Å². The van der Waals surface area contributed by atoms with Crippen LogP contribution in [0.5, 0.6) is 0 Å². The summed E-state index contributed by atoms with van der Waals surface area (Å²) in [6.45, 7) is 0. The topological polar surface area (TPSA) is 89.3 Å². The van der Waals surface area contributed by atoms with Crippen LogP contribution in [0.15, 0.2) is 82.4 Å². The number of nitrogens with zero attached hydrogens (tertiary/aromatic N) is 1. The highest BCUT2D eigenvalue weighted by Gasteiger charge is 2.12. The Morgan fingerprint density at radius 1 is 1.04 bits per heavy atom. The van der Waals surface area contributed by atoms with Crippen LogP contribution in [0.25, 0.3) is 22.2 Å². The van der Waals surface area contributed by atoms with Gasteiger partial charge in [-0.05, 0) is 42.5 Å². The maximum Gasteiger partial charge on any atom is 0.255 e. The monoisotopic (exact) mass is 392 g/mol.